The van der Waals surface area contributed by atoms with Crippen molar-refractivity contribution in [1.82, 2.24) is 9.97 Å². The number of carbonyl (C=O) groups is 1. The minimum absolute atomic E-state index is 0.141. The predicted molar refractivity (Wildman–Crippen MR) is 64.9 cm³/mol. The number of hydrogen-bond donors (Lipinski definition) is 1. The molecule has 0 atom stereocenters. The molecule has 0 bridgehead atoms. The number of nitrogen functional groups attached to an aromatic ring is 1. The summed E-state index contributed by atoms with van der Waals surface area (Å²) in [5.74, 6) is 0.185. The van der Waals surface area contributed by atoms with Crippen LogP contribution in [0.1, 0.15) is 42.4 Å². The van der Waals surface area contributed by atoms with Crippen LogP contribution in [0.2, 0.25) is 0 Å². The lowest BCUT2D eigenvalue weighted by atomic mass is 9.79. The Labute approximate surface area is 106 Å². The van der Waals surface area contributed by atoms with Gasteiger partial charge in [0.1, 0.15) is 17.0 Å². The van der Waals surface area contributed by atoms with Crippen LogP contribution in [0.25, 0.3) is 0 Å². The second kappa shape index (κ2) is 4.89. The van der Waals surface area contributed by atoms with Crippen LogP contribution >= 0.6 is 0 Å². The predicted octanol–water partition coefficient (Wildman–Crippen LogP) is 1.26. The Balaban J connectivity index is 2.27. The van der Waals surface area contributed by atoms with Crippen molar-refractivity contribution in [3.8, 4) is 0 Å². The maximum Gasteiger partial charge on any atom is 0.343 e. The molecule has 1 saturated carbocycles. The molecule has 0 amide bonds. The van der Waals surface area contributed by atoms with Crippen LogP contribution in [0.5, 0.6) is 0 Å². The molecule has 0 unspecified atom stereocenters. The van der Waals surface area contributed by atoms with E-state index in [1.165, 1.54) is 6.20 Å². The highest BCUT2D eigenvalue weighted by atomic mass is 16.5. The Morgan fingerprint density at radius 1 is 1.56 bits per heavy atom. The molecule has 0 saturated heterocycles. The van der Waals surface area contributed by atoms with Gasteiger partial charge in [0.15, 0.2) is 5.82 Å². The topological polar surface area (TPSA) is 87.3 Å². The van der Waals surface area contributed by atoms with E-state index < -0.39 is 11.6 Å². The van der Waals surface area contributed by atoms with Crippen LogP contribution in [0.15, 0.2) is 6.20 Å². The Hall–Kier alpha value is -1.69. The molecule has 2 N–H and O–H groups in total. The highest BCUT2D eigenvalue weighted by Crippen LogP contribution is 2.42. The van der Waals surface area contributed by atoms with Crippen molar-refractivity contribution in [3.05, 3.63) is 17.6 Å². The second-order valence-electron chi connectivity index (χ2n) is 4.26. The fourth-order valence-electron chi connectivity index (χ4n) is 2.00. The first kappa shape index (κ1) is 12.8. The summed E-state index contributed by atoms with van der Waals surface area (Å²) in [6.45, 7) is 2.03. The van der Waals surface area contributed by atoms with Crippen LogP contribution in [-0.2, 0) is 15.1 Å². The molecule has 98 valence electrons. The van der Waals surface area contributed by atoms with Crippen LogP contribution < -0.4 is 5.73 Å². The van der Waals surface area contributed by atoms with Gasteiger partial charge in [-0.05, 0) is 26.2 Å². The molecular weight excluding hydrogens is 234 g/mol. The molecule has 1 heterocycles. The molecule has 0 aliphatic heterocycles. The van der Waals surface area contributed by atoms with Gasteiger partial charge in [-0.2, -0.15) is 0 Å². The minimum atomic E-state index is -0.498. The fraction of sp³-hybridized carbons (Fsp3) is 0.583. The summed E-state index contributed by atoms with van der Waals surface area (Å²) in [4.78, 5) is 19.9. The second-order valence-corrected chi connectivity index (χ2v) is 4.26. The van der Waals surface area contributed by atoms with Crippen molar-refractivity contribution in [3.63, 3.8) is 0 Å². The van der Waals surface area contributed by atoms with Crippen molar-refractivity contribution < 1.29 is 14.3 Å². The molecule has 1 fully saturated rings. The number of methoxy groups -OCH3 is 1. The molecule has 1 aromatic heterocycles. The number of esters is 1. The number of anilines is 1. The Morgan fingerprint density at radius 3 is 2.72 bits per heavy atom. The molecule has 6 heteroatoms. The van der Waals surface area contributed by atoms with E-state index in [2.05, 4.69) is 9.97 Å². The average Bonchev–Trinajstić information content (AvgIpc) is 2.28. The smallest absolute Gasteiger partial charge is 0.343 e. The van der Waals surface area contributed by atoms with Gasteiger partial charge in [0.05, 0.1) is 6.61 Å². The molecule has 1 aromatic rings. The molecule has 1 aliphatic rings. The molecule has 6 nitrogen and oxygen atoms in total. The van der Waals surface area contributed by atoms with E-state index in [0.29, 0.717) is 12.4 Å². The standard InChI is InChI=1S/C12H17N3O3/c1-3-18-10(16)8-7-14-11(15-9(8)13)12(17-2)5-4-6-12/h7H,3-6H2,1-2H3,(H2,13,14,15). The van der Waals surface area contributed by atoms with Crippen molar-refractivity contribution in [2.24, 2.45) is 0 Å². The first-order chi connectivity index (χ1) is 8.63. The van der Waals surface area contributed by atoms with E-state index >= 15 is 0 Å². The van der Waals surface area contributed by atoms with Gasteiger partial charge in [0.25, 0.3) is 0 Å². The number of nitrogens with zero attached hydrogens (tertiary/aromatic N) is 2. The zero-order chi connectivity index (χ0) is 13.2. The lowest BCUT2D eigenvalue weighted by Gasteiger charge is -2.38. The van der Waals surface area contributed by atoms with Gasteiger partial charge in [-0.25, -0.2) is 14.8 Å². The summed E-state index contributed by atoms with van der Waals surface area (Å²) >= 11 is 0. The highest BCUT2D eigenvalue weighted by molar-refractivity contribution is 5.93. The van der Waals surface area contributed by atoms with E-state index in [4.69, 9.17) is 15.2 Å². The van der Waals surface area contributed by atoms with Gasteiger partial charge < -0.3 is 15.2 Å². The van der Waals surface area contributed by atoms with Gasteiger partial charge in [-0.1, -0.05) is 0 Å². The quantitative estimate of drug-likeness (QED) is 0.810. The number of carbonyl (C=O) groups excluding carboxylic acids is 1. The summed E-state index contributed by atoms with van der Waals surface area (Å²) in [6.07, 6.45) is 4.24. The summed E-state index contributed by atoms with van der Waals surface area (Å²) < 4.78 is 10.3. The molecule has 18 heavy (non-hydrogen) atoms. The van der Waals surface area contributed by atoms with Crippen molar-refractivity contribution >= 4 is 11.8 Å². The Morgan fingerprint density at radius 2 is 2.28 bits per heavy atom. The monoisotopic (exact) mass is 251 g/mol. The van der Waals surface area contributed by atoms with E-state index in [1.807, 2.05) is 0 Å². The van der Waals surface area contributed by atoms with E-state index in [0.717, 1.165) is 19.3 Å². The normalized spacial score (nSPS) is 17.0. The largest absolute Gasteiger partial charge is 0.462 e. The number of hydrogen-bond acceptors (Lipinski definition) is 6. The van der Waals surface area contributed by atoms with Crippen molar-refractivity contribution in [2.75, 3.05) is 19.5 Å². The third-order valence-electron chi connectivity index (χ3n) is 3.27. The van der Waals surface area contributed by atoms with E-state index in [1.54, 1.807) is 14.0 Å². The molecule has 0 aromatic carbocycles. The Kier molecular flexibility index (Phi) is 3.47. The first-order valence-electron chi connectivity index (χ1n) is 5.98. The highest BCUT2D eigenvalue weighted by Gasteiger charge is 2.42. The van der Waals surface area contributed by atoms with Crippen LogP contribution in [0, 0.1) is 0 Å². The molecular formula is C12H17N3O3. The Bertz CT molecular complexity index is 452. The van der Waals surface area contributed by atoms with Crippen molar-refractivity contribution in [1.29, 1.82) is 0 Å². The van der Waals surface area contributed by atoms with Gasteiger partial charge in [-0.3, -0.25) is 0 Å². The van der Waals surface area contributed by atoms with Crippen molar-refractivity contribution in [2.45, 2.75) is 31.8 Å². The summed E-state index contributed by atoms with van der Waals surface area (Å²) in [7, 11) is 1.64. The fourth-order valence-corrected chi connectivity index (χ4v) is 2.00. The maximum absolute atomic E-state index is 11.6. The summed E-state index contributed by atoms with van der Waals surface area (Å²) in [6, 6.07) is 0. The molecule has 2 rings (SSSR count). The number of aromatic nitrogens is 2. The molecule has 1 aliphatic carbocycles. The van der Waals surface area contributed by atoms with Crippen LogP contribution in [-0.4, -0.2) is 29.7 Å². The molecule has 0 radical (unpaired) electrons. The van der Waals surface area contributed by atoms with Crippen LogP contribution in [0.3, 0.4) is 0 Å². The minimum Gasteiger partial charge on any atom is -0.462 e. The third kappa shape index (κ3) is 2.03. The van der Waals surface area contributed by atoms with Gasteiger partial charge in [0.2, 0.25) is 0 Å². The summed E-state index contributed by atoms with van der Waals surface area (Å²) in [5.41, 5.74) is 5.55. The van der Waals surface area contributed by atoms with Gasteiger partial charge >= 0.3 is 5.97 Å². The van der Waals surface area contributed by atoms with E-state index in [-0.39, 0.29) is 11.4 Å². The maximum atomic E-state index is 11.6. The number of rotatable bonds is 4. The SMILES string of the molecule is CCOC(=O)c1cnc(C2(OC)CCC2)nc1N. The number of ether oxygens (including phenoxy) is 2. The lowest BCUT2D eigenvalue weighted by molar-refractivity contribution is -0.0845. The first-order valence-corrected chi connectivity index (χ1v) is 5.98. The van der Waals surface area contributed by atoms with Gasteiger partial charge in [-0.15, -0.1) is 0 Å². The average molecular weight is 251 g/mol. The van der Waals surface area contributed by atoms with Gasteiger partial charge in [0, 0.05) is 13.3 Å². The number of nitrogens with two attached hydrogens (primary N) is 1. The van der Waals surface area contributed by atoms with E-state index in [9.17, 15) is 4.79 Å². The lowest BCUT2D eigenvalue weighted by Crippen LogP contribution is -2.38. The zero-order valence-electron chi connectivity index (χ0n) is 10.6. The van der Waals surface area contributed by atoms with Crippen LogP contribution in [0.4, 0.5) is 5.82 Å². The molecule has 0 spiro atoms. The zero-order valence-corrected chi connectivity index (χ0v) is 10.6. The summed E-state index contributed by atoms with van der Waals surface area (Å²) in [5, 5.41) is 0. The third-order valence-corrected chi connectivity index (χ3v) is 3.27.